The smallest absolute Gasteiger partial charge is 0.0241 e. The van der Waals surface area contributed by atoms with E-state index in [0.29, 0.717) is 0 Å². The van der Waals surface area contributed by atoms with Gasteiger partial charge in [-0.3, -0.25) is 0 Å². The molecule has 0 fully saturated rings. The summed E-state index contributed by atoms with van der Waals surface area (Å²) in [5.74, 6) is 0. The minimum absolute atomic E-state index is 1.10. The Morgan fingerprint density at radius 2 is 2.50 bits per heavy atom. The standard InChI is InChI=1S/C12H16/c1-3-8-11(4-2)12-9-6-5-7-10-12/h3,5-6,8-9H,1,4,7,10H2,2H3/b11-8+. The van der Waals surface area contributed by atoms with Gasteiger partial charge in [-0.15, -0.1) is 0 Å². The maximum Gasteiger partial charge on any atom is -0.0241 e. The number of rotatable bonds is 3. The van der Waals surface area contributed by atoms with E-state index in [1.54, 1.807) is 0 Å². The Balaban J connectivity index is 2.77. The molecule has 0 heterocycles. The lowest BCUT2D eigenvalue weighted by molar-refractivity contribution is 0.938. The zero-order valence-corrected chi connectivity index (χ0v) is 7.72. The average molecular weight is 160 g/mol. The SMILES string of the molecule is C=C/C=C(\CC)C1=CC=CCC1. The molecule has 0 amide bonds. The number of hydrogen-bond donors (Lipinski definition) is 0. The van der Waals surface area contributed by atoms with Crippen LogP contribution in [-0.4, -0.2) is 0 Å². The third kappa shape index (κ3) is 2.23. The average Bonchev–Trinajstić information content (AvgIpc) is 2.15. The predicted molar refractivity (Wildman–Crippen MR) is 55.0 cm³/mol. The third-order valence-electron chi connectivity index (χ3n) is 2.13. The van der Waals surface area contributed by atoms with E-state index in [4.69, 9.17) is 0 Å². The summed E-state index contributed by atoms with van der Waals surface area (Å²) in [6.07, 6.45) is 14.0. The van der Waals surface area contributed by atoms with E-state index in [2.05, 4.69) is 37.8 Å². The molecule has 1 rings (SSSR count). The Bertz CT molecular complexity index is 233. The summed E-state index contributed by atoms with van der Waals surface area (Å²) in [5.41, 5.74) is 2.90. The second-order valence-corrected chi connectivity index (χ2v) is 2.94. The van der Waals surface area contributed by atoms with E-state index in [-0.39, 0.29) is 0 Å². The Morgan fingerprint density at radius 1 is 1.67 bits per heavy atom. The van der Waals surface area contributed by atoms with Crippen LogP contribution in [0.15, 0.2) is 48.1 Å². The Hall–Kier alpha value is -1.04. The van der Waals surface area contributed by atoms with Crippen LogP contribution in [0.2, 0.25) is 0 Å². The van der Waals surface area contributed by atoms with Crippen molar-refractivity contribution in [3.63, 3.8) is 0 Å². The molecule has 64 valence electrons. The first-order chi connectivity index (χ1) is 5.88. The first-order valence-electron chi connectivity index (χ1n) is 4.56. The van der Waals surface area contributed by atoms with Gasteiger partial charge in [0, 0.05) is 0 Å². The molecule has 12 heavy (non-hydrogen) atoms. The summed E-state index contributed by atoms with van der Waals surface area (Å²) < 4.78 is 0. The fraction of sp³-hybridized carbons (Fsp3) is 0.333. The molecule has 0 saturated carbocycles. The van der Waals surface area contributed by atoms with Gasteiger partial charge in [0.15, 0.2) is 0 Å². The second-order valence-electron chi connectivity index (χ2n) is 2.94. The fourth-order valence-electron chi connectivity index (χ4n) is 1.46. The van der Waals surface area contributed by atoms with Crippen LogP contribution in [-0.2, 0) is 0 Å². The van der Waals surface area contributed by atoms with Gasteiger partial charge < -0.3 is 0 Å². The zero-order chi connectivity index (χ0) is 8.81. The highest BCUT2D eigenvalue weighted by atomic mass is 14.1. The summed E-state index contributed by atoms with van der Waals surface area (Å²) in [5, 5.41) is 0. The molecule has 0 aromatic carbocycles. The molecule has 0 radical (unpaired) electrons. The minimum Gasteiger partial charge on any atom is -0.0991 e. The van der Waals surface area contributed by atoms with Crippen molar-refractivity contribution in [2.45, 2.75) is 26.2 Å². The second kappa shape index (κ2) is 4.76. The van der Waals surface area contributed by atoms with Crippen molar-refractivity contribution in [3.05, 3.63) is 48.1 Å². The molecule has 0 aromatic rings. The van der Waals surface area contributed by atoms with Crippen molar-refractivity contribution < 1.29 is 0 Å². The van der Waals surface area contributed by atoms with E-state index in [0.717, 1.165) is 6.42 Å². The Morgan fingerprint density at radius 3 is 3.00 bits per heavy atom. The highest BCUT2D eigenvalue weighted by Gasteiger charge is 2.02. The molecular weight excluding hydrogens is 144 g/mol. The van der Waals surface area contributed by atoms with Crippen molar-refractivity contribution in [2.24, 2.45) is 0 Å². The molecule has 1 aliphatic rings. The molecule has 0 aromatic heterocycles. The lowest BCUT2D eigenvalue weighted by atomic mass is 9.95. The molecule has 1 aliphatic carbocycles. The minimum atomic E-state index is 1.10. The summed E-state index contributed by atoms with van der Waals surface area (Å²) in [4.78, 5) is 0. The van der Waals surface area contributed by atoms with Crippen LogP contribution < -0.4 is 0 Å². The van der Waals surface area contributed by atoms with Gasteiger partial charge in [0.2, 0.25) is 0 Å². The van der Waals surface area contributed by atoms with E-state index in [1.807, 2.05) is 6.08 Å². The maximum atomic E-state index is 3.72. The first kappa shape index (κ1) is 9.05. The van der Waals surface area contributed by atoms with E-state index in [9.17, 15) is 0 Å². The summed E-state index contributed by atoms with van der Waals surface area (Å²) in [7, 11) is 0. The maximum absolute atomic E-state index is 3.72. The normalized spacial score (nSPS) is 17.4. The molecule has 0 aliphatic heterocycles. The molecule has 0 bridgehead atoms. The Labute approximate surface area is 75.0 Å². The third-order valence-corrected chi connectivity index (χ3v) is 2.13. The van der Waals surface area contributed by atoms with Crippen LogP contribution in [0.5, 0.6) is 0 Å². The molecule has 0 nitrogen and oxygen atoms in total. The molecular formula is C12H16. The zero-order valence-electron chi connectivity index (χ0n) is 7.72. The van der Waals surface area contributed by atoms with Crippen molar-refractivity contribution in [1.82, 2.24) is 0 Å². The van der Waals surface area contributed by atoms with Crippen LogP contribution in [0.25, 0.3) is 0 Å². The molecule has 0 N–H and O–H groups in total. The highest BCUT2D eigenvalue weighted by Crippen LogP contribution is 2.22. The van der Waals surface area contributed by atoms with Gasteiger partial charge in [0.1, 0.15) is 0 Å². The van der Waals surface area contributed by atoms with E-state index >= 15 is 0 Å². The van der Waals surface area contributed by atoms with E-state index in [1.165, 1.54) is 24.0 Å². The van der Waals surface area contributed by atoms with Crippen LogP contribution in [0.1, 0.15) is 26.2 Å². The van der Waals surface area contributed by atoms with Crippen LogP contribution in [0, 0.1) is 0 Å². The summed E-state index contributed by atoms with van der Waals surface area (Å²) in [6.45, 7) is 5.91. The van der Waals surface area contributed by atoms with Gasteiger partial charge in [-0.05, 0) is 30.4 Å². The Kier molecular flexibility index (Phi) is 3.59. The van der Waals surface area contributed by atoms with Crippen molar-refractivity contribution in [2.75, 3.05) is 0 Å². The van der Waals surface area contributed by atoms with Crippen LogP contribution >= 0.6 is 0 Å². The van der Waals surface area contributed by atoms with Gasteiger partial charge >= 0.3 is 0 Å². The van der Waals surface area contributed by atoms with Crippen molar-refractivity contribution in [1.29, 1.82) is 0 Å². The van der Waals surface area contributed by atoms with Crippen molar-refractivity contribution >= 4 is 0 Å². The molecule has 0 heteroatoms. The molecule has 0 saturated heterocycles. The quantitative estimate of drug-likeness (QED) is 0.551. The van der Waals surface area contributed by atoms with Gasteiger partial charge in [-0.2, -0.15) is 0 Å². The molecule has 0 atom stereocenters. The van der Waals surface area contributed by atoms with E-state index < -0.39 is 0 Å². The summed E-state index contributed by atoms with van der Waals surface area (Å²) in [6, 6.07) is 0. The van der Waals surface area contributed by atoms with Gasteiger partial charge in [-0.1, -0.05) is 43.9 Å². The molecule has 0 unspecified atom stereocenters. The molecule has 0 spiro atoms. The topological polar surface area (TPSA) is 0 Å². The summed E-state index contributed by atoms with van der Waals surface area (Å²) >= 11 is 0. The predicted octanol–water partition coefficient (Wildman–Crippen LogP) is 3.79. The lowest BCUT2D eigenvalue weighted by Gasteiger charge is -2.10. The van der Waals surface area contributed by atoms with Gasteiger partial charge in [0.05, 0.1) is 0 Å². The number of hydrogen-bond acceptors (Lipinski definition) is 0. The largest absolute Gasteiger partial charge is 0.0991 e. The lowest BCUT2D eigenvalue weighted by Crippen LogP contribution is -1.91. The van der Waals surface area contributed by atoms with Crippen LogP contribution in [0.4, 0.5) is 0 Å². The van der Waals surface area contributed by atoms with Gasteiger partial charge in [-0.25, -0.2) is 0 Å². The first-order valence-corrected chi connectivity index (χ1v) is 4.56. The highest BCUT2D eigenvalue weighted by molar-refractivity contribution is 5.37. The van der Waals surface area contributed by atoms with Crippen molar-refractivity contribution in [3.8, 4) is 0 Å². The van der Waals surface area contributed by atoms with Crippen LogP contribution in [0.3, 0.4) is 0 Å². The number of allylic oxidation sites excluding steroid dienone is 7. The van der Waals surface area contributed by atoms with Gasteiger partial charge in [0.25, 0.3) is 0 Å². The monoisotopic (exact) mass is 160 g/mol. The fourth-order valence-corrected chi connectivity index (χ4v) is 1.46.